The van der Waals surface area contributed by atoms with Gasteiger partial charge in [0.05, 0.1) is 6.20 Å². The number of imidazole rings is 1. The molecule has 70 valence electrons. The van der Waals surface area contributed by atoms with Crippen molar-refractivity contribution in [1.82, 2.24) is 14.6 Å². The van der Waals surface area contributed by atoms with E-state index in [2.05, 4.69) is 34.6 Å². The van der Waals surface area contributed by atoms with E-state index >= 15 is 0 Å². The fraction of sp³-hybridized carbons (Fsp3) is 0.200. The molecule has 0 saturated carbocycles. The number of aromatic nitrogens is 3. The minimum absolute atomic E-state index is 0.775. The summed E-state index contributed by atoms with van der Waals surface area (Å²) >= 11 is 4.08. The second-order valence-corrected chi connectivity index (χ2v) is 3.16. The Morgan fingerprint density at radius 2 is 2.43 bits per heavy atom. The maximum absolute atomic E-state index is 4.18. The third-order valence-electron chi connectivity index (χ3n) is 1.73. The van der Waals surface area contributed by atoms with Crippen LogP contribution in [0.1, 0.15) is 12.1 Å². The minimum Gasteiger partial charge on any atom is -0.234 e. The number of fused-ring (bicyclic) bond motifs is 1. The molecule has 0 radical (unpaired) electrons. The van der Waals surface area contributed by atoms with Crippen LogP contribution in [0.2, 0.25) is 0 Å². The van der Waals surface area contributed by atoms with Crippen molar-refractivity contribution in [1.29, 1.82) is 0 Å². The van der Waals surface area contributed by atoms with E-state index < -0.39 is 0 Å². The van der Waals surface area contributed by atoms with Gasteiger partial charge in [0.1, 0.15) is 5.69 Å². The number of nitrogens with zero attached hydrogens (tertiary/aromatic N) is 3. The van der Waals surface area contributed by atoms with E-state index in [-0.39, 0.29) is 0 Å². The van der Waals surface area contributed by atoms with Gasteiger partial charge in [-0.25, -0.2) is 9.50 Å². The van der Waals surface area contributed by atoms with Crippen molar-refractivity contribution in [2.24, 2.45) is 0 Å². The van der Waals surface area contributed by atoms with Crippen molar-refractivity contribution in [2.75, 3.05) is 5.75 Å². The van der Waals surface area contributed by atoms with Gasteiger partial charge in [0, 0.05) is 18.4 Å². The maximum Gasteiger partial charge on any atom is 0.154 e. The number of hydrogen-bond donors (Lipinski definition) is 1. The highest BCUT2D eigenvalue weighted by Gasteiger charge is 1.98. The molecule has 2 rings (SSSR count). The molecule has 0 aliphatic carbocycles. The molecule has 0 unspecified atom stereocenters. The highest BCUT2D eigenvalue weighted by Crippen LogP contribution is 2.01. The number of thiol groups is 1. The molecule has 14 heavy (non-hydrogen) atoms. The second-order valence-electron chi connectivity index (χ2n) is 2.71. The average molecular weight is 203 g/mol. The third-order valence-corrected chi connectivity index (χ3v) is 1.95. The first-order valence-corrected chi connectivity index (χ1v) is 4.93. The summed E-state index contributed by atoms with van der Waals surface area (Å²) in [6.45, 7) is 0. The van der Waals surface area contributed by atoms with Crippen molar-refractivity contribution in [2.45, 2.75) is 6.42 Å². The van der Waals surface area contributed by atoms with Gasteiger partial charge in [-0.05, 0) is 18.1 Å². The number of rotatable bonds is 1. The van der Waals surface area contributed by atoms with Crippen molar-refractivity contribution < 1.29 is 0 Å². The Morgan fingerprint density at radius 3 is 3.29 bits per heavy atom. The van der Waals surface area contributed by atoms with Crippen molar-refractivity contribution in [3.05, 3.63) is 30.2 Å². The molecule has 0 amide bonds. The van der Waals surface area contributed by atoms with Crippen LogP contribution in [0.3, 0.4) is 0 Å². The van der Waals surface area contributed by atoms with Crippen LogP contribution >= 0.6 is 12.6 Å². The first-order valence-electron chi connectivity index (χ1n) is 4.30. The molecular formula is C10H9N3S. The third kappa shape index (κ3) is 1.73. The van der Waals surface area contributed by atoms with Crippen LogP contribution in [-0.2, 0) is 0 Å². The number of hydrogen-bond acceptors (Lipinski definition) is 3. The Labute approximate surface area is 87.6 Å². The first-order chi connectivity index (χ1) is 6.92. The lowest BCUT2D eigenvalue weighted by molar-refractivity contribution is 0.923. The van der Waals surface area contributed by atoms with E-state index in [0.29, 0.717) is 0 Å². The summed E-state index contributed by atoms with van der Waals surface area (Å²) in [5, 5.41) is 4.15. The predicted molar refractivity (Wildman–Crippen MR) is 58.3 cm³/mol. The topological polar surface area (TPSA) is 30.2 Å². The summed E-state index contributed by atoms with van der Waals surface area (Å²) in [6.07, 6.45) is 4.23. The van der Waals surface area contributed by atoms with Crippen LogP contribution in [0.25, 0.3) is 5.65 Å². The Hall–Kier alpha value is -1.47. The van der Waals surface area contributed by atoms with E-state index in [1.807, 2.05) is 12.1 Å². The molecule has 4 heteroatoms. The standard InChI is InChI=1S/C10H9N3S/c14-7-2-1-4-9-8-11-10-5-3-6-12-13(9)10/h3,5-6,8,14H,2,7H2. The van der Waals surface area contributed by atoms with Gasteiger partial charge in [0.2, 0.25) is 0 Å². The van der Waals surface area contributed by atoms with Crippen molar-refractivity contribution in [3.63, 3.8) is 0 Å². The normalized spacial score (nSPS) is 9.79. The molecule has 2 heterocycles. The largest absolute Gasteiger partial charge is 0.234 e. The summed E-state index contributed by atoms with van der Waals surface area (Å²) in [5.74, 6) is 6.78. The highest BCUT2D eigenvalue weighted by atomic mass is 32.1. The fourth-order valence-corrected chi connectivity index (χ4v) is 1.24. The Morgan fingerprint density at radius 1 is 1.50 bits per heavy atom. The first kappa shape index (κ1) is 9.10. The van der Waals surface area contributed by atoms with Crippen LogP contribution < -0.4 is 0 Å². The molecule has 0 aliphatic rings. The fourth-order valence-electron chi connectivity index (χ4n) is 1.12. The van der Waals surface area contributed by atoms with Gasteiger partial charge in [-0.2, -0.15) is 17.7 Å². The van der Waals surface area contributed by atoms with E-state index in [0.717, 1.165) is 23.5 Å². The lowest BCUT2D eigenvalue weighted by atomic mass is 10.4. The van der Waals surface area contributed by atoms with E-state index in [1.54, 1.807) is 16.9 Å². The van der Waals surface area contributed by atoms with Gasteiger partial charge >= 0.3 is 0 Å². The van der Waals surface area contributed by atoms with Gasteiger partial charge in [-0.15, -0.1) is 0 Å². The van der Waals surface area contributed by atoms with E-state index in [4.69, 9.17) is 0 Å². The minimum atomic E-state index is 0.775. The lowest BCUT2D eigenvalue weighted by Crippen LogP contribution is -1.92. The van der Waals surface area contributed by atoms with Gasteiger partial charge < -0.3 is 0 Å². The molecule has 0 bridgehead atoms. The molecule has 0 fully saturated rings. The van der Waals surface area contributed by atoms with Crippen LogP contribution in [0, 0.1) is 11.8 Å². The molecule has 0 spiro atoms. The Kier molecular flexibility index (Phi) is 2.70. The van der Waals surface area contributed by atoms with Crippen LogP contribution in [0.4, 0.5) is 0 Å². The molecular weight excluding hydrogens is 194 g/mol. The van der Waals surface area contributed by atoms with E-state index in [1.165, 1.54) is 0 Å². The molecule has 3 nitrogen and oxygen atoms in total. The molecule has 0 aromatic carbocycles. The zero-order chi connectivity index (χ0) is 9.80. The summed E-state index contributed by atoms with van der Waals surface area (Å²) in [6, 6.07) is 3.75. The maximum atomic E-state index is 4.18. The lowest BCUT2D eigenvalue weighted by Gasteiger charge is -1.90. The molecule has 0 N–H and O–H groups in total. The van der Waals surface area contributed by atoms with Crippen LogP contribution in [0.15, 0.2) is 24.5 Å². The van der Waals surface area contributed by atoms with E-state index in [9.17, 15) is 0 Å². The summed E-state index contributed by atoms with van der Waals surface area (Å²) < 4.78 is 1.73. The van der Waals surface area contributed by atoms with Crippen LogP contribution in [0.5, 0.6) is 0 Å². The molecule has 0 saturated heterocycles. The zero-order valence-electron chi connectivity index (χ0n) is 7.51. The van der Waals surface area contributed by atoms with Gasteiger partial charge in [0.15, 0.2) is 5.65 Å². The molecule has 2 aromatic heterocycles. The van der Waals surface area contributed by atoms with Crippen molar-refractivity contribution >= 4 is 18.3 Å². The smallest absolute Gasteiger partial charge is 0.154 e. The van der Waals surface area contributed by atoms with Gasteiger partial charge in [-0.3, -0.25) is 0 Å². The zero-order valence-corrected chi connectivity index (χ0v) is 8.41. The van der Waals surface area contributed by atoms with Gasteiger partial charge in [-0.1, -0.05) is 5.92 Å². The quantitative estimate of drug-likeness (QED) is 0.561. The Bertz CT molecular complexity index is 493. The molecule has 0 aliphatic heterocycles. The summed E-state index contributed by atoms with van der Waals surface area (Å²) in [4.78, 5) is 4.18. The molecule has 2 aromatic rings. The monoisotopic (exact) mass is 203 g/mol. The highest BCUT2D eigenvalue weighted by molar-refractivity contribution is 7.80. The Balaban J connectivity index is 2.40. The summed E-state index contributed by atoms with van der Waals surface area (Å²) in [7, 11) is 0. The second kappa shape index (κ2) is 4.16. The van der Waals surface area contributed by atoms with Gasteiger partial charge in [0.25, 0.3) is 0 Å². The SMILES string of the molecule is SCCC#Cc1cnc2cccnn12. The average Bonchev–Trinajstić information content (AvgIpc) is 2.63. The predicted octanol–water partition coefficient (Wildman–Crippen LogP) is 1.40. The van der Waals surface area contributed by atoms with Crippen molar-refractivity contribution in [3.8, 4) is 11.8 Å². The van der Waals surface area contributed by atoms with Crippen LogP contribution in [-0.4, -0.2) is 20.4 Å². The molecule has 0 atom stereocenters. The summed E-state index contributed by atoms with van der Waals surface area (Å²) in [5.41, 5.74) is 1.64.